The zero-order valence-corrected chi connectivity index (χ0v) is 14.9. The normalized spacial score (nSPS) is 18.9. The monoisotopic (exact) mass is 351 g/mol. The summed E-state index contributed by atoms with van der Waals surface area (Å²) in [5.74, 6) is 1.80. The lowest BCUT2D eigenvalue weighted by Gasteiger charge is -2.34. The fourth-order valence-corrected chi connectivity index (χ4v) is 3.74. The highest BCUT2D eigenvalue weighted by Crippen LogP contribution is 2.17. The third-order valence-electron chi connectivity index (χ3n) is 4.65. The molecule has 0 saturated carbocycles. The van der Waals surface area contributed by atoms with Gasteiger partial charge in [-0.1, -0.05) is 0 Å². The van der Waals surface area contributed by atoms with Crippen molar-refractivity contribution in [1.82, 2.24) is 15.1 Å². The zero-order valence-electron chi connectivity index (χ0n) is 14.1. The van der Waals surface area contributed by atoms with E-state index in [1.807, 2.05) is 22.1 Å². The molecule has 0 spiro atoms. The summed E-state index contributed by atoms with van der Waals surface area (Å²) in [6, 6.07) is 3.84. The number of hydrogen-bond donors (Lipinski definition) is 1. The van der Waals surface area contributed by atoms with E-state index >= 15 is 0 Å². The molecule has 0 radical (unpaired) electrons. The molecule has 3 rings (SSSR count). The standard InChI is InChI=1S/C17H25N3O3S/c1-24-12-14-4-5-15(23-14)16(21)18-13-6-10-20(11-7-13)17(22)19-8-2-3-9-19/h4-5,13H,2-3,6-12H2,1H3,(H,18,21). The van der Waals surface area contributed by atoms with Gasteiger partial charge in [0.1, 0.15) is 5.76 Å². The molecule has 132 valence electrons. The number of carbonyl (C=O) groups is 2. The van der Waals surface area contributed by atoms with Crippen LogP contribution in [0, 0.1) is 0 Å². The van der Waals surface area contributed by atoms with Crippen molar-refractivity contribution >= 4 is 23.7 Å². The van der Waals surface area contributed by atoms with Gasteiger partial charge in [0.2, 0.25) is 0 Å². The predicted molar refractivity (Wildman–Crippen MR) is 94.2 cm³/mol. The summed E-state index contributed by atoms with van der Waals surface area (Å²) in [6.07, 6.45) is 5.81. The fraction of sp³-hybridized carbons (Fsp3) is 0.647. The number of nitrogens with zero attached hydrogens (tertiary/aromatic N) is 2. The maximum Gasteiger partial charge on any atom is 0.319 e. The van der Waals surface area contributed by atoms with Crippen LogP contribution < -0.4 is 5.32 Å². The molecule has 3 amide bonds. The number of likely N-dealkylation sites (tertiary alicyclic amines) is 2. The summed E-state index contributed by atoms with van der Waals surface area (Å²) in [5, 5.41) is 3.03. The summed E-state index contributed by atoms with van der Waals surface area (Å²) < 4.78 is 5.55. The highest BCUT2D eigenvalue weighted by atomic mass is 32.2. The number of furan rings is 1. The van der Waals surface area contributed by atoms with E-state index in [2.05, 4.69) is 5.32 Å². The topological polar surface area (TPSA) is 65.8 Å². The van der Waals surface area contributed by atoms with Gasteiger partial charge >= 0.3 is 6.03 Å². The molecule has 0 atom stereocenters. The largest absolute Gasteiger partial charge is 0.455 e. The average Bonchev–Trinajstić information content (AvgIpc) is 3.27. The molecule has 7 heteroatoms. The molecule has 24 heavy (non-hydrogen) atoms. The van der Waals surface area contributed by atoms with Crippen molar-refractivity contribution in [3.05, 3.63) is 23.7 Å². The lowest BCUT2D eigenvalue weighted by molar-refractivity contribution is 0.0883. The Morgan fingerprint density at radius 1 is 1.17 bits per heavy atom. The molecule has 1 N–H and O–H groups in total. The molecule has 2 fully saturated rings. The second-order valence-corrected chi connectivity index (χ2v) is 7.28. The first kappa shape index (κ1) is 17.2. The average molecular weight is 351 g/mol. The minimum Gasteiger partial charge on any atom is -0.455 e. The minimum atomic E-state index is -0.160. The quantitative estimate of drug-likeness (QED) is 0.905. The van der Waals surface area contributed by atoms with Crippen LogP contribution in [0.2, 0.25) is 0 Å². The van der Waals surface area contributed by atoms with E-state index in [4.69, 9.17) is 4.42 Å². The maximum absolute atomic E-state index is 12.4. The van der Waals surface area contributed by atoms with E-state index in [-0.39, 0.29) is 18.0 Å². The van der Waals surface area contributed by atoms with Crippen molar-refractivity contribution in [1.29, 1.82) is 0 Å². The van der Waals surface area contributed by atoms with E-state index in [1.165, 1.54) is 0 Å². The van der Waals surface area contributed by atoms with Crippen LogP contribution in [0.5, 0.6) is 0 Å². The van der Waals surface area contributed by atoms with Crippen LogP contribution in [-0.2, 0) is 5.75 Å². The van der Waals surface area contributed by atoms with Crippen LogP contribution in [0.4, 0.5) is 4.79 Å². The summed E-state index contributed by atoms with van der Waals surface area (Å²) in [6.45, 7) is 3.17. The number of thioether (sulfide) groups is 1. The Balaban J connectivity index is 1.46. The molecule has 6 nitrogen and oxygen atoms in total. The molecule has 2 saturated heterocycles. The van der Waals surface area contributed by atoms with Gasteiger partial charge in [0, 0.05) is 32.2 Å². The van der Waals surface area contributed by atoms with Crippen molar-refractivity contribution in [2.75, 3.05) is 32.4 Å². The second kappa shape index (κ2) is 7.96. The lowest BCUT2D eigenvalue weighted by Crippen LogP contribution is -2.50. The predicted octanol–water partition coefficient (Wildman–Crippen LogP) is 2.55. The van der Waals surface area contributed by atoms with Crippen LogP contribution in [-0.4, -0.2) is 60.2 Å². The molecule has 3 heterocycles. The van der Waals surface area contributed by atoms with Gasteiger partial charge in [-0.2, -0.15) is 11.8 Å². The molecule has 1 aromatic heterocycles. The van der Waals surface area contributed by atoms with Gasteiger partial charge in [-0.25, -0.2) is 4.79 Å². The zero-order chi connectivity index (χ0) is 16.9. The molecule has 0 bridgehead atoms. The Labute approximate surface area is 146 Å². The van der Waals surface area contributed by atoms with Gasteiger partial charge in [0.15, 0.2) is 5.76 Å². The number of amides is 3. The Morgan fingerprint density at radius 2 is 1.83 bits per heavy atom. The van der Waals surface area contributed by atoms with Crippen molar-refractivity contribution < 1.29 is 14.0 Å². The molecule has 1 aromatic rings. The number of urea groups is 1. The SMILES string of the molecule is CSCc1ccc(C(=O)NC2CCN(C(=O)N3CCCC3)CC2)o1. The Kier molecular flexibility index (Phi) is 5.71. The second-order valence-electron chi connectivity index (χ2n) is 6.41. The first-order chi connectivity index (χ1) is 11.7. The highest BCUT2D eigenvalue weighted by Gasteiger charge is 2.28. The highest BCUT2D eigenvalue weighted by molar-refractivity contribution is 7.97. The summed E-state index contributed by atoms with van der Waals surface area (Å²) in [4.78, 5) is 28.5. The minimum absolute atomic E-state index is 0.106. The first-order valence-electron chi connectivity index (χ1n) is 8.59. The molecular weight excluding hydrogens is 326 g/mol. The van der Waals surface area contributed by atoms with Crippen LogP contribution >= 0.6 is 11.8 Å². The van der Waals surface area contributed by atoms with E-state index in [0.717, 1.165) is 50.3 Å². The van der Waals surface area contributed by atoms with Crippen LogP contribution in [0.15, 0.2) is 16.5 Å². The van der Waals surface area contributed by atoms with Gasteiger partial charge in [0.05, 0.1) is 5.75 Å². The number of carbonyl (C=O) groups excluding carboxylic acids is 2. The molecule has 0 aliphatic carbocycles. The third kappa shape index (κ3) is 4.06. The van der Waals surface area contributed by atoms with E-state index < -0.39 is 0 Å². The number of rotatable bonds is 4. The Morgan fingerprint density at radius 3 is 2.50 bits per heavy atom. The first-order valence-corrected chi connectivity index (χ1v) is 9.99. The van der Waals surface area contributed by atoms with E-state index in [9.17, 15) is 9.59 Å². The van der Waals surface area contributed by atoms with Crippen LogP contribution in [0.3, 0.4) is 0 Å². The smallest absolute Gasteiger partial charge is 0.319 e. The maximum atomic E-state index is 12.4. The van der Waals surface area contributed by atoms with Gasteiger partial charge in [-0.05, 0) is 44.1 Å². The van der Waals surface area contributed by atoms with Crippen LogP contribution in [0.25, 0.3) is 0 Å². The molecule has 2 aliphatic heterocycles. The van der Waals surface area contributed by atoms with Crippen LogP contribution in [0.1, 0.15) is 42.0 Å². The van der Waals surface area contributed by atoms with Crippen molar-refractivity contribution in [3.8, 4) is 0 Å². The number of nitrogens with one attached hydrogen (secondary N) is 1. The summed E-state index contributed by atoms with van der Waals surface area (Å²) in [7, 11) is 0. The van der Waals surface area contributed by atoms with Gasteiger partial charge in [-0.3, -0.25) is 4.79 Å². The summed E-state index contributed by atoms with van der Waals surface area (Å²) in [5.41, 5.74) is 0. The van der Waals surface area contributed by atoms with Gasteiger partial charge < -0.3 is 19.5 Å². The number of hydrogen-bond acceptors (Lipinski definition) is 4. The van der Waals surface area contributed by atoms with Crippen molar-refractivity contribution in [2.45, 2.75) is 37.5 Å². The Bertz CT molecular complexity index is 575. The van der Waals surface area contributed by atoms with E-state index in [0.29, 0.717) is 18.8 Å². The fourth-order valence-electron chi connectivity index (χ4n) is 3.30. The molecule has 2 aliphatic rings. The molecule has 0 unspecified atom stereocenters. The Hall–Kier alpha value is -1.63. The molecular formula is C17H25N3O3S. The van der Waals surface area contributed by atoms with E-state index in [1.54, 1.807) is 17.8 Å². The molecule has 0 aromatic carbocycles. The van der Waals surface area contributed by atoms with Crippen molar-refractivity contribution in [3.63, 3.8) is 0 Å². The summed E-state index contributed by atoms with van der Waals surface area (Å²) >= 11 is 1.66. The lowest BCUT2D eigenvalue weighted by atomic mass is 10.1. The van der Waals surface area contributed by atoms with Gasteiger partial charge in [-0.15, -0.1) is 0 Å². The van der Waals surface area contributed by atoms with Gasteiger partial charge in [0.25, 0.3) is 5.91 Å². The third-order valence-corrected chi connectivity index (χ3v) is 5.22. The van der Waals surface area contributed by atoms with Crippen molar-refractivity contribution in [2.24, 2.45) is 0 Å². The number of piperidine rings is 1.